The molecule has 6 nitrogen and oxygen atoms in total. The van der Waals surface area contributed by atoms with Crippen LogP contribution >= 0.6 is 0 Å². The third-order valence-corrected chi connectivity index (χ3v) is 7.88. The second-order valence-electron chi connectivity index (χ2n) is 8.19. The molecule has 1 aliphatic heterocycles. The van der Waals surface area contributed by atoms with E-state index >= 15 is 0 Å². The zero-order chi connectivity index (χ0) is 21.0. The maximum Gasteiger partial charge on any atom is 0.338 e. The number of likely N-dealkylation sites (N-methyl/N-ethyl adjacent to an activating group) is 1. The molecule has 1 saturated carbocycles. The molecule has 0 bridgehead atoms. The molecule has 2 atom stereocenters. The van der Waals surface area contributed by atoms with Crippen LogP contribution in [0.25, 0.3) is 0 Å². The average molecular weight is 422 g/mol. The Morgan fingerprint density at radius 3 is 2.31 bits per heavy atom. The lowest BCUT2D eigenvalue weighted by Crippen LogP contribution is -2.46. The zero-order valence-corrected chi connectivity index (χ0v) is 18.1. The summed E-state index contributed by atoms with van der Waals surface area (Å²) in [4.78, 5) is 26.8. The Balaban J connectivity index is 1.59. The van der Waals surface area contributed by atoms with Crippen molar-refractivity contribution in [2.75, 3.05) is 18.1 Å². The largest absolute Gasteiger partial charge is 0.449 e. The highest BCUT2D eigenvalue weighted by Crippen LogP contribution is 2.32. The lowest BCUT2D eigenvalue weighted by Gasteiger charge is -2.29. The third-order valence-electron chi connectivity index (χ3n) is 6.13. The molecule has 0 aromatic heterocycles. The molecule has 0 N–H and O–H groups in total. The number of rotatable bonds is 6. The van der Waals surface area contributed by atoms with Gasteiger partial charge in [0.1, 0.15) is 0 Å². The maximum atomic E-state index is 12.8. The SMILES string of the molecule is CCN(C(=O)[C@H](C)OC(=O)c1ccc(C2CCCCC2)cc1)[C@@H]1CCS(=O)(=O)C1. The van der Waals surface area contributed by atoms with E-state index in [1.165, 1.54) is 42.6 Å². The summed E-state index contributed by atoms with van der Waals surface area (Å²) in [5, 5.41) is 0. The second-order valence-corrected chi connectivity index (χ2v) is 10.4. The molecule has 0 radical (unpaired) electrons. The highest BCUT2D eigenvalue weighted by Gasteiger charge is 2.36. The van der Waals surface area contributed by atoms with Crippen LogP contribution in [0.3, 0.4) is 0 Å². The van der Waals surface area contributed by atoms with Crippen LogP contribution in [0.4, 0.5) is 0 Å². The first-order chi connectivity index (χ1) is 13.8. The molecule has 1 heterocycles. The number of ether oxygens (including phenoxy) is 1. The Hall–Kier alpha value is -1.89. The molecule has 1 aromatic carbocycles. The summed E-state index contributed by atoms with van der Waals surface area (Å²) in [5.74, 6) is -0.230. The van der Waals surface area contributed by atoms with Crippen molar-refractivity contribution in [1.82, 2.24) is 4.90 Å². The molecule has 0 spiro atoms. The van der Waals surface area contributed by atoms with E-state index in [9.17, 15) is 18.0 Å². The molecule has 1 aromatic rings. The van der Waals surface area contributed by atoms with Gasteiger partial charge in [0.2, 0.25) is 0 Å². The third kappa shape index (κ3) is 5.38. The van der Waals surface area contributed by atoms with Crippen LogP contribution < -0.4 is 0 Å². The van der Waals surface area contributed by atoms with Gasteiger partial charge in [-0.15, -0.1) is 0 Å². The standard InChI is InChI=1S/C22H31NO5S/c1-3-23(20-13-14-29(26,27)15-20)21(24)16(2)28-22(25)19-11-9-18(10-12-19)17-7-5-4-6-8-17/h9-12,16-17,20H,3-8,13-15H2,1-2H3/t16-,20+/m0/s1. The van der Waals surface area contributed by atoms with Crippen LogP contribution in [0.1, 0.15) is 74.2 Å². The predicted octanol–water partition coefficient (Wildman–Crippen LogP) is 3.32. The Morgan fingerprint density at radius 2 is 1.76 bits per heavy atom. The molecule has 1 amide bonds. The van der Waals surface area contributed by atoms with Crippen molar-refractivity contribution in [2.24, 2.45) is 0 Å². The Labute approximate surface area is 173 Å². The molecular formula is C22H31NO5S. The monoisotopic (exact) mass is 421 g/mol. The number of nitrogens with zero attached hydrogens (tertiary/aromatic N) is 1. The summed E-state index contributed by atoms with van der Waals surface area (Å²) in [6.07, 6.45) is 5.68. The first kappa shape index (κ1) is 21.8. The lowest BCUT2D eigenvalue weighted by molar-refractivity contribution is -0.141. The molecule has 7 heteroatoms. The Bertz CT molecular complexity index is 827. The highest BCUT2D eigenvalue weighted by molar-refractivity contribution is 7.91. The van der Waals surface area contributed by atoms with Gasteiger partial charge in [-0.05, 0) is 56.7 Å². The van der Waals surface area contributed by atoms with Gasteiger partial charge in [-0.2, -0.15) is 0 Å². The number of esters is 1. The van der Waals surface area contributed by atoms with E-state index < -0.39 is 21.9 Å². The minimum atomic E-state index is -3.09. The van der Waals surface area contributed by atoms with Crippen molar-refractivity contribution in [1.29, 1.82) is 0 Å². The van der Waals surface area contributed by atoms with Crippen molar-refractivity contribution >= 4 is 21.7 Å². The molecule has 3 rings (SSSR count). The van der Waals surface area contributed by atoms with E-state index in [4.69, 9.17) is 4.74 Å². The minimum absolute atomic E-state index is 0.0180. The number of carbonyl (C=O) groups excluding carboxylic acids is 2. The Morgan fingerprint density at radius 1 is 1.10 bits per heavy atom. The van der Waals surface area contributed by atoms with E-state index in [0.29, 0.717) is 24.4 Å². The number of sulfone groups is 1. The number of amides is 1. The molecule has 2 aliphatic rings. The average Bonchev–Trinajstić information content (AvgIpc) is 3.08. The smallest absolute Gasteiger partial charge is 0.338 e. The van der Waals surface area contributed by atoms with Crippen LogP contribution in [0.15, 0.2) is 24.3 Å². The van der Waals surface area contributed by atoms with Crippen molar-refractivity contribution in [3.8, 4) is 0 Å². The molecule has 1 saturated heterocycles. The van der Waals surface area contributed by atoms with Gasteiger partial charge in [-0.25, -0.2) is 13.2 Å². The van der Waals surface area contributed by atoms with E-state index in [1.54, 1.807) is 26.0 Å². The molecule has 1 aliphatic carbocycles. The molecule has 160 valence electrons. The molecule has 2 fully saturated rings. The van der Waals surface area contributed by atoms with Crippen LogP contribution in [0, 0.1) is 0 Å². The summed E-state index contributed by atoms with van der Waals surface area (Å²) >= 11 is 0. The summed E-state index contributed by atoms with van der Waals surface area (Å²) in [6.45, 7) is 3.74. The maximum absolute atomic E-state index is 12.8. The van der Waals surface area contributed by atoms with Gasteiger partial charge in [0.25, 0.3) is 5.91 Å². The lowest BCUT2D eigenvalue weighted by atomic mass is 9.84. The van der Waals surface area contributed by atoms with E-state index in [2.05, 4.69) is 0 Å². The molecule has 29 heavy (non-hydrogen) atoms. The quantitative estimate of drug-likeness (QED) is 0.658. The van der Waals surface area contributed by atoms with Gasteiger partial charge in [0.15, 0.2) is 15.9 Å². The fourth-order valence-electron chi connectivity index (χ4n) is 4.45. The molecular weight excluding hydrogens is 390 g/mol. The van der Waals surface area contributed by atoms with Crippen LogP contribution in [-0.4, -0.2) is 55.4 Å². The summed E-state index contributed by atoms with van der Waals surface area (Å²) in [7, 11) is -3.09. The number of hydrogen-bond acceptors (Lipinski definition) is 5. The summed E-state index contributed by atoms with van der Waals surface area (Å²) < 4.78 is 28.9. The van der Waals surface area contributed by atoms with E-state index in [0.717, 1.165) is 0 Å². The second kappa shape index (κ2) is 9.28. The van der Waals surface area contributed by atoms with E-state index in [1.807, 2.05) is 12.1 Å². The van der Waals surface area contributed by atoms with Gasteiger partial charge in [0.05, 0.1) is 17.1 Å². The number of carbonyl (C=O) groups is 2. The van der Waals surface area contributed by atoms with Crippen molar-refractivity contribution < 1.29 is 22.7 Å². The molecule has 0 unspecified atom stereocenters. The first-order valence-corrected chi connectivity index (χ1v) is 12.4. The summed E-state index contributed by atoms with van der Waals surface area (Å²) in [5.41, 5.74) is 1.68. The number of benzene rings is 1. The zero-order valence-electron chi connectivity index (χ0n) is 17.3. The normalized spacial score (nSPS) is 22.8. The van der Waals surface area contributed by atoms with Crippen LogP contribution in [-0.2, 0) is 19.4 Å². The Kier molecular flexibility index (Phi) is 6.98. The van der Waals surface area contributed by atoms with Crippen LogP contribution in [0.2, 0.25) is 0 Å². The van der Waals surface area contributed by atoms with Crippen LogP contribution in [0.5, 0.6) is 0 Å². The topological polar surface area (TPSA) is 80.8 Å². The first-order valence-electron chi connectivity index (χ1n) is 10.6. The highest BCUT2D eigenvalue weighted by atomic mass is 32.2. The predicted molar refractivity (Wildman–Crippen MR) is 112 cm³/mol. The fourth-order valence-corrected chi connectivity index (χ4v) is 6.19. The van der Waals surface area contributed by atoms with Crippen molar-refractivity contribution in [3.63, 3.8) is 0 Å². The van der Waals surface area contributed by atoms with Gasteiger partial charge >= 0.3 is 5.97 Å². The van der Waals surface area contributed by atoms with Gasteiger partial charge in [-0.1, -0.05) is 31.4 Å². The van der Waals surface area contributed by atoms with Gasteiger partial charge in [-0.3, -0.25) is 4.79 Å². The van der Waals surface area contributed by atoms with Gasteiger partial charge < -0.3 is 9.64 Å². The minimum Gasteiger partial charge on any atom is -0.449 e. The fraction of sp³-hybridized carbons (Fsp3) is 0.636. The van der Waals surface area contributed by atoms with E-state index in [-0.39, 0.29) is 23.5 Å². The van der Waals surface area contributed by atoms with Gasteiger partial charge in [0, 0.05) is 12.6 Å². The van der Waals surface area contributed by atoms with Crippen molar-refractivity contribution in [2.45, 2.75) is 70.4 Å². The summed E-state index contributed by atoms with van der Waals surface area (Å²) in [6, 6.07) is 7.17. The van der Waals surface area contributed by atoms with Crippen molar-refractivity contribution in [3.05, 3.63) is 35.4 Å². The number of hydrogen-bond donors (Lipinski definition) is 0.